The highest BCUT2D eigenvalue weighted by Gasteiger charge is 2.14. The molecule has 0 aliphatic carbocycles. The first-order chi connectivity index (χ1) is 13.6. The monoisotopic (exact) mass is 411 g/mol. The minimum absolute atomic E-state index is 0.154. The van der Waals surface area contributed by atoms with E-state index in [-0.39, 0.29) is 23.7 Å². The van der Waals surface area contributed by atoms with Gasteiger partial charge in [0.25, 0.3) is 5.56 Å². The molecule has 140 valence electrons. The minimum Gasteiger partial charge on any atom is -0.281 e. The predicted molar refractivity (Wildman–Crippen MR) is 110 cm³/mol. The fourth-order valence-electron chi connectivity index (χ4n) is 2.86. The lowest BCUT2D eigenvalue weighted by molar-refractivity contribution is 0.616. The summed E-state index contributed by atoms with van der Waals surface area (Å²) in [5.74, 6) is -0.113. The molecule has 2 aromatic carbocycles. The van der Waals surface area contributed by atoms with Crippen molar-refractivity contribution in [2.24, 2.45) is 0 Å². The van der Waals surface area contributed by atoms with Crippen LogP contribution in [0.15, 0.2) is 76.8 Å². The lowest BCUT2D eigenvalue weighted by Crippen LogP contribution is -2.24. The quantitative estimate of drug-likeness (QED) is 0.345. The second-order valence-corrected chi connectivity index (χ2v) is 7.46. The predicted octanol–water partition coefficient (Wildman–Crippen LogP) is 4.92. The maximum absolute atomic E-state index is 14.1. The largest absolute Gasteiger partial charge is 0.281 e. The number of pyridine rings is 1. The van der Waals surface area contributed by atoms with Crippen LogP contribution in [-0.4, -0.2) is 14.5 Å². The second kappa shape index (κ2) is 8.12. The normalized spacial score (nSPS) is 11.1. The molecule has 0 aliphatic heterocycles. The lowest BCUT2D eigenvalue weighted by Gasteiger charge is -2.13. The third-order valence-corrected chi connectivity index (χ3v) is 5.64. The average Bonchev–Trinajstić information content (AvgIpc) is 2.71. The Bertz CT molecular complexity index is 1180. The van der Waals surface area contributed by atoms with E-state index in [0.717, 1.165) is 5.69 Å². The van der Waals surface area contributed by atoms with Gasteiger partial charge in [-0.3, -0.25) is 14.3 Å². The number of halogens is 2. The highest BCUT2D eigenvalue weighted by atomic mass is 35.5. The fraction of sp³-hybridized carbons (Fsp3) is 0.0952. The molecule has 0 spiro atoms. The maximum atomic E-state index is 14.1. The highest BCUT2D eigenvalue weighted by Crippen LogP contribution is 2.28. The Morgan fingerprint density at radius 2 is 1.86 bits per heavy atom. The molecule has 0 aliphatic rings. The van der Waals surface area contributed by atoms with Gasteiger partial charge >= 0.3 is 0 Å². The maximum Gasteiger partial charge on any atom is 0.262 e. The van der Waals surface area contributed by atoms with E-state index in [1.165, 1.54) is 17.8 Å². The summed E-state index contributed by atoms with van der Waals surface area (Å²) in [5.41, 5.74) is 1.58. The minimum atomic E-state index is -0.376. The molecule has 7 heteroatoms. The van der Waals surface area contributed by atoms with E-state index >= 15 is 0 Å². The molecular formula is C21H15ClFN3OS. The Hall–Kier alpha value is -2.70. The summed E-state index contributed by atoms with van der Waals surface area (Å²) in [4.78, 5) is 22.0. The van der Waals surface area contributed by atoms with Crippen molar-refractivity contribution < 1.29 is 4.39 Å². The Labute approximate surface area is 170 Å². The molecular weight excluding hydrogens is 397 g/mol. The number of nitrogens with zero attached hydrogens (tertiary/aromatic N) is 3. The van der Waals surface area contributed by atoms with E-state index in [4.69, 9.17) is 11.6 Å². The van der Waals surface area contributed by atoms with Crippen LogP contribution in [0.5, 0.6) is 0 Å². The number of benzene rings is 2. The third kappa shape index (κ3) is 3.79. The number of rotatable bonds is 5. The first-order valence-electron chi connectivity index (χ1n) is 8.58. The van der Waals surface area contributed by atoms with Gasteiger partial charge in [0.1, 0.15) is 5.82 Å². The lowest BCUT2D eigenvalue weighted by atomic mass is 10.2. The molecule has 4 rings (SSSR count). The van der Waals surface area contributed by atoms with Gasteiger partial charge in [-0.2, -0.15) is 0 Å². The number of aromatic nitrogens is 3. The summed E-state index contributed by atoms with van der Waals surface area (Å²) in [6.07, 6.45) is 1.68. The zero-order valence-corrected chi connectivity index (χ0v) is 16.3. The third-order valence-electron chi connectivity index (χ3n) is 4.28. The van der Waals surface area contributed by atoms with Crippen molar-refractivity contribution >= 4 is 34.3 Å². The fourth-order valence-corrected chi connectivity index (χ4v) is 4.20. The summed E-state index contributed by atoms with van der Waals surface area (Å²) in [5, 5.41) is 1.38. The molecule has 4 nitrogen and oxygen atoms in total. The van der Waals surface area contributed by atoms with Crippen LogP contribution in [0, 0.1) is 5.82 Å². The van der Waals surface area contributed by atoms with Crippen molar-refractivity contribution in [1.29, 1.82) is 0 Å². The van der Waals surface area contributed by atoms with E-state index in [0.29, 0.717) is 26.6 Å². The number of hydrogen-bond donors (Lipinski definition) is 0. The van der Waals surface area contributed by atoms with Crippen LogP contribution in [0.25, 0.3) is 10.9 Å². The Balaban J connectivity index is 1.77. The number of para-hydroxylation sites is 1. The molecule has 2 aromatic heterocycles. The number of hydrogen-bond acceptors (Lipinski definition) is 4. The Morgan fingerprint density at radius 3 is 2.64 bits per heavy atom. The number of thioether (sulfide) groups is 1. The van der Waals surface area contributed by atoms with Gasteiger partial charge in [0.15, 0.2) is 5.16 Å². The molecule has 0 amide bonds. The van der Waals surface area contributed by atoms with Crippen molar-refractivity contribution in [2.45, 2.75) is 17.5 Å². The molecule has 0 saturated heterocycles. The summed E-state index contributed by atoms with van der Waals surface area (Å²) in [6.45, 7) is 0.283. The van der Waals surface area contributed by atoms with Crippen LogP contribution in [0.3, 0.4) is 0 Å². The molecule has 0 unspecified atom stereocenters. The van der Waals surface area contributed by atoms with E-state index < -0.39 is 0 Å². The van der Waals surface area contributed by atoms with E-state index in [2.05, 4.69) is 9.97 Å². The molecule has 28 heavy (non-hydrogen) atoms. The molecule has 4 aromatic rings. The van der Waals surface area contributed by atoms with Gasteiger partial charge in [0.05, 0.1) is 23.1 Å². The smallest absolute Gasteiger partial charge is 0.262 e. The Morgan fingerprint density at radius 1 is 1.04 bits per heavy atom. The molecule has 2 heterocycles. The number of fused-ring (bicyclic) bond motifs is 1. The van der Waals surface area contributed by atoms with Crippen LogP contribution in [0.4, 0.5) is 4.39 Å². The Kier molecular flexibility index (Phi) is 5.41. The molecule has 0 atom stereocenters. The van der Waals surface area contributed by atoms with E-state index in [1.54, 1.807) is 35.0 Å². The first-order valence-corrected chi connectivity index (χ1v) is 9.95. The average molecular weight is 412 g/mol. The highest BCUT2D eigenvalue weighted by molar-refractivity contribution is 7.98. The summed E-state index contributed by atoms with van der Waals surface area (Å²) in [7, 11) is 0. The van der Waals surface area contributed by atoms with Gasteiger partial charge in [0, 0.05) is 22.5 Å². The van der Waals surface area contributed by atoms with Gasteiger partial charge in [-0.1, -0.05) is 47.6 Å². The van der Waals surface area contributed by atoms with Crippen molar-refractivity contribution in [3.63, 3.8) is 0 Å². The van der Waals surface area contributed by atoms with Crippen molar-refractivity contribution in [1.82, 2.24) is 14.5 Å². The molecule has 0 bridgehead atoms. The van der Waals surface area contributed by atoms with Crippen LogP contribution in [-0.2, 0) is 12.3 Å². The van der Waals surface area contributed by atoms with Crippen LogP contribution < -0.4 is 5.56 Å². The zero-order valence-electron chi connectivity index (χ0n) is 14.7. The van der Waals surface area contributed by atoms with Crippen molar-refractivity contribution in [3.05, 3.63) is 99.3 Å². The second-order valence-electron chi connectivity index (χ2n) is 6.11. The van der Waals surface area contributed by atoms with Gasteiger partial charge in [-0.25, -0.2) is 9.37 Å². The molecule has 0 radical (unpaired) electrons. The summed E-state index contributed by atoms with van der Waals surface area (Å²) >= 11 is 7.42. The van der Waals surface area contributed by atoms with Crippen LogP contribution in [0.1, 0.15) is 11.3 Å². The van der Waals surface area contributed by atoms with E-state index in [9.17, 15) is 9.18 Å². The van der Waals surface area contributed by atoms with Gasteiger partial charge < -0.3 is 0 Å². The van der Waals surface area contributed by atoms with Crippen LogP contribution >= 0.6 is 23.4 Å². The summed E-state index contributed by atoms with van der Waals surface area (Å²) < 4.78 is 15.7. The standard InChI is InChI=1S/C21H15ClFN3OS/c22-17-8-5-9-18(23)16(17)13-28-21-25-19-10-2-1-7-15(19)20(27)26(21)12-14-6-3-4-11-24-14/h1-11H,12-13H2. The summed E-state index contributed by atoms with van der Waals surface area (Å²) in [6, 6.07) is 17.3. The first kappa shape index (κ1) is 18.7. The topological polar surface area (TPSA) is 47.8 Å². The van der Waals surface area contributed by atoms with Crippen molar-refractivity contribution in [3.8, 4) is 0 Å². The SMILES string of the molecule is O=c1c2ccccc2nc(SCc2c(F)cccc2Cl)n1Cc1ccccn1. The van der Waals surface area contributed by atoms with Gasteiger partial charge in [-0.05, 0) is 36.4 Å². The van der Waals surface area contributed by atoms with E-state index in [1.807, 2.05) is 30.3 Å². The van der Waals surface area contributed by atoms with Gasteiger partial charge in [0.2, 0.25) is 0 Å². The molecule has 0 saturated carbocycles. The molecule has 0 N–H and O–H groups in total. The molecule has 0 fully saturated rings. The van der Waals surface area contributed by atoms with Gasteiger partial charge in [-0.15, -0.1) is 0 Å². The van der Waals surface area contributed by atoms with Crippen molar-refractivity contribution in [2.75, 3.05) is 0 Å². The van der Waals surface area contributed by atoms with Crippen LogP contribution in [0.2, 0.25) is 5.02 Å². The zero-order chi connectivity index (χ0) is 19.5.